The van der Waals surface area contributed by atoms with E-state index in [1.807, 2.05) is 13.8 Å². The summed E-state index contributed by atoms with van der Waals surface area (Å²) in [7, 11) is 0. The van der Waals surface area contributed by atoms with Crippen molar-refractivity contribution < 1.29 is 4.39 Å². The van der Waals surface area contributed by atoms with Crippen LogP contribution >= 0.6 is 12.4 Å². The van der Waals surface area contributed by atoms with Crippen molar-refractivity contribution in [2.45, 2.75) is 32.9 Å². The van der Waals surface area contributed by atoms with Gasteiger partial charge in [-0.3, -0.25) is 0 Å². The van der Waals surface area contributed by atoms with Crippen LogP contribution in [0.2, 0.25) is 0 Å². The monoisotopic (exact) mass is 195 g/mol. The van der Waals surface area contributed by atoms with E-state index in [0.717, 1.165) is 25.9 Å². The minimum absolute atomic E-state index is 0. The summed E-state index contributed by atoms with van der Waals surface area (Å²) in [6.07, 6.45) is 1.59. The lowest BCUT2D eigenvalue weighted by atomic mass is 9.89. The summed E-state index contributed by atoms with van der Waals surface area (Å²) >= 11 is 0. The summed E-state index contributed by atoms with van der Waals surface area (Å²) in [5.74, 6) is 0.448. The van der Waals surface area contributed by atoms with Crippen molar-refractivity contribution in [1.82, 2.24) is 5.32 Å². The molecule has 3 heteroatoms. The van der Waals surface area contributed by atoms with Crippen molar-refractivity contribution in [2.24, 2.45) is 11.8 Å². The number of hydrogen-bond acceptors (Lipinski definition) is 1. The Morgan fingerprint density at radius 1 is 1.42 bits per heavy atom. The van der Waals surface area contributed by atoms with E-state index in [0.29, 0.717) is 0 Å². The second-order valence-corrected chi connectivity index (χ2v) is 3.79. The van der Waals surface area contributed by atoms with Crippen LogP contribution < -0.4 is 5.32 Å². The van der Waals surface area contributed by atoms with Crippen LogP contribution in [-0.4, -0.2) is 19.3 Å². The van der Waals surface area contributed by atoms with Gasteiger partial charge in [0.25, 0.3) is 0 Å². The molecule has 74 valence electrons. The van der Waals surface area contributed by atoms with Gasteiger partial charge in [0, 0.05) is 12.5 Å². The third-order valence-electron chi connectivity index (χ3n) is 2.42. The predicted molar refractivity (Wildman–Crippen MR) is 52.6 cm³/mol. The Hall–Kier alpha value is 0.180. The first-order valence-corrected chi connectivity index (χ1v) is 4.56. The molecule has 0 bridgehead atoms. The van der Waals surface area contributed by atoms with E-state index in [1.165, 1.54) is 0 Å². The zero-order valence-corrected chi connectivity index (χ0v) is 8.66. The Bertz CT molecular complexity index is 113. The molecule has 0 aromatic rings. The van der Waals surface area contributed by atoms with Gasteiger partial charge >= 0.3 is 0 Å². The Morgan fingerprint density at radius 2 is 2.08 bits per heavy atom. The highest BCUT2D eigenvalue weighted by molar-refractivity contribution is 5.85. The maximum Gasteiger partial charge on any atom is 0.106 e. The smallest absolute Gasteiger partial charge is 0.106 e. The molecule has 0 aliphatic carbocycles. The minimum Gasteiger partial charge on any atom is -0.316 e. The number of nitrogens with one attached hydrogen (secondary N) is 1. The third-order valence-corrected chi connectivity index (χ3v) is 2.42. The quantitative estimate of drug-likeness (QED) is 0.714. The van der Waals surface area contributed by atoms with E-state index in [9.17, 15) is 4.39 Å². The van der Waals surface area contributed by atoms with Gasteiger partial charge in [0.05, 0.1) is 0 Å². The first-order valence-electron chi connectivity index (χ1n) is 4.56. The average Bonchev–Trinajstić information content (AvgIpc) is 2.05. The van der Waals surface area contributed by atoms with Crippen LogP contribution in [0.3, 0.4) is 0 Å². The van der Waals surface area contributed by atoms with Gasteiger partial charge in [-0.25, -0.2) is 4.39 Å². The van der Waals surface area contributed by atoms with E-state index in [-0.39, 0.29) is 24.2 Å². The SMILES string of the molecule is CC(C)C(F)C1CCCNC1.Cl. The minimum atomic E-state index is -0.609. The van der Waals surface area contributed by atoms with Gasteiger partial charge in [0.1, 0.15) is 6.17 Å². The van der Waals surface area contributed by atoms with Gasteiger partial charge in [-0.2, -0.15) is 0 Å². The number of alkyl halides is 1. The molecular formula is C9H19ClFN. The molecule has 0 spiro atoms. The van der Waals surface area contributed by atoms with E-state index < -0.39 is 6.17 Å². The van der Waals surface area contributed by atoms with Crippen molar-refractivity contribution in [2.75, 3.05) is 13.1 Å². The summed E-state index contributed by atoms with van der Waals surface area (Å²) in [4.78, 5) is 0. The first kappa shape index (κ1) is 12.2. The fourth-order valence-corrected chi connectivity index (χ4v) is 1.69. The lowest BCUT2D eigenvalue weighted by Crippen LogP contribution is -2.36. The summed E-state index contributed by atoms with van der Waals surface area (Å²) in [5, 5.41) is 3.23. The normalized spacial score (nSPS) is 26.5. The number of hydrogen-bond donors (Lipinski definition) is 1. The molecule has 1 rings (SSSR count). The topological polar surface area (TPSA) is 12.0 Å². The molecule has 12 heavy (non-hydrogen) atoms. The number of rotatable bonds is 2. The second kappa shape index (κ2) is 5.76. The molecule has 2 unspecified atom stereocenters. The highest BCUT2D eigenvalue weighted by Crippen LogP contribution is 2.22. The second-order valence-electron chi connectivity index (χ2n) is 3.79. The molecule has 0 aromatic carbocycles. The highest BCUT2D eigenvalue weighted by Gasteiger charge is 2.25. The zero-order chi connectivity index (χ0) is 8.27. The van der Waals surface area contributed by atoms with Gasteiger partial charge in [0.15, 0.2) is 0 Å². The van der Waals surface area contributed by atoms with Crippen molar-refractivity contribution >= 4 is 12.4 Å². The van der Waals surface area contributed by atoms with Crippen LogP contribution in [0, 0.1) is 11.8 Å². The van der Waals surface area contributed by atoms with Gasteiger partial charge < -0.3 is 5.32 Å². The van der Waals surface area contributed by atoms with Crippen molar-refractivity contribution in [3.63, 3.8) is 0 Å². The number of piperidine rings is 1. The van der Waals surface area contributed by atoms with Crippen LogP contribution in [0.5, 0.6) is 0 Å². The molecule has 1 fully saturated rings. The summed E-state index contributed by atoms with van der Waals surface area (Å²) < 4.78 is 13.4. The molecule has 1 nitrogen and oxygen atoms in total. The molecule has 1 aliphatic rings. The molecule has 0 radical (unpaired) electrons. The van der Waals surface area contributed by atoms with Crippen molar-refractivity contribution in [1.29, 1.82) is 0 Å². The predicted octanol–water partition coefficient (Wildman–Crippen LogP) is 2.40. The summed E-state index contributed by atoms with van der Waals surface area (Å²) in [6.45, 7) is 5.86. The standard InChI is InChI=1S/C9H18FN.ClH/c1-7(2)9(10)8-4-3-5-11-6-8;/h7-9,11H,3-6H2,1-2H3;1H. The van der Waals surface area contributed by atoms with E-state index in [2.05, 4.69) is 5.32 Å². The van der Waals surface area contributed by atoms with E-state index >= 15 is 0 Å². The summed E-state index contributed by atoms with van der Waals surface area (Å²) in [6, 6.07) is 0. The molecular weight excluding hydrogens is 177 g/mol. The number of halogens is 2. The Kier molecular flexibility index (Phi) is 5.85. The summed E-state index contributed by atoms with van der Waals surface area (Å²) in [5.41, 5.74) is 0. The lowest BCUT2D eigenvalue weighted by molar-refractivity contribution is 0.144. The van der Waals surface area contributed by atoms with Crippen LogP contribution in [-0.2, 0) is 0 Å². The van der Waals surface area contributed by atoms with E-state index in [1.54, 1.807) is 0 Å². The first-order chi connectivity index (χ1) is 5.22. The molecule has 1 aliphatic heterocycles. The molecule has 1 saturated heterocycles. The van der Waals surface area contributed by atoms with Gasteiger partial charge in [-0.05, 0) is 25.3 Å². The van der Waals surface area contributed by atoms with Gasteiger partial charge in [-0.1, -0.05) is 13.8 Å². The van der Waals surface area contributed by atoms with E-state index in [4.69, 9.17) is 0 Å². The largest absolute Gasteiger partial charge is 0.316 e. The zero-order valence-electron chi connectivity index (χ0n) is 7.85. The fourth-order valence-electron chi connectivity index (χ4n) is 1.69. The van der Waals surface area contributed by atoms with Crippen LogP contribution in [0.1, 0.15) is 26.7 Å². The molecule has 0 saturated carbocycles. The molecule has 2 atom stereocenters. The van der Waals surface area contributed by atoms with Gasteiger partial charge in [-0.15, -0.1) is 12.4 Å². The average molecular weight is 196 g/mol. The maximum atomic E-state index is 13.4. The maximum absolute atomic E-state index is 13.4. The van der Waals surface area contributed by atoms with Crippen LogP contribution in [0.15, 0.2) is 0 Å². The molecule has 0 amide bonds. The van der Waals surface area contributed by atoms with Gasteiger partial charge in [0.2, 0.25) is 0 Å². The third kappa shape index (κ3) is 3.28. The Balaban J connectivity index is 0.00000121. The van der Waals surface area contributed by atoms with Crippen LogP contribution in [0.4, 0.5) is 4.39 Å². The molecule has 0 aromatic heterocycles. The molecule has 1 heterocycles. The Labute approximate surface area is 80.5 Å². The van der Waals surface area contributed by atoms with Crippen LogP contribution in [0.25, 0.3) is 0 Å². The highest BCUT2D eigenvalue weighted by atomic mass is 35.5. The molecule has 1 N–H and O–H groups in total. The Morgan fingerprint density at radius 3 is 2.50 bits per heavy atom. The van der Waals surface area contributed by atoms with Crippen molar-refractivity contribution in [3.8, 4) is 0 Å². The van der Waals surface area contributed by atoms with Crippen molar-refractivity contribution in [3.05, 3.63) is 0 Å². The fraction of sp³-hybridized carbons (Fsp3) is 1.00. The lowest BCUT2D eigenvalue weighted by Gasteiger charge is -2.27.